The van der Waals surface area contributed by atoms with Gasteiger partial charge < -0.3 is 4.90 Å². The maximum Gasteiger partial charge on any atom is 0.171 e. The first-order chi connectivity index (χ1) is 9.49. The Balaban J connectivity index is 2.38. The number of hydrogen-bond donors (Lipinski definition) is 0. The molecule has 0 saturated carbocycles. The summed E-state index contributed by atoms with van der Waals surface area (Å²) in [5, 5.41) is -0.107. The van der Waals surface area contributed by atoms with E-state index >= 15 is 0 Å². The predicted molar refractivity (Wildman–Crippen MR) is 86.7 cm³/mol. The van der Waals surface area contributed by atoms with Gasteiger partial charge in [-0.25, -0.2) is 13.4 Å². The molecule has 4 nitrogen and oxygen atoms in total. The number of aromatic nitrogens is 1. The van der Waals surface area contributed by atoms with E-state index in [9.17, 15) is 8.42 Å². The van der Waals surface area contributed by atoms with Gasteiger partial charge in [-0.1, -0.05) is 18.5 Å². The zero-order valence-corrected chi connectivity index (χ0v) is 14.2. The fourth-order valence-electron chi connectivity index (χ4n) is 2.07. The average molecular weight is 355 g/mol. The molecule has 112 valence electrons. The van der Waals surface area contributed by atoms with E-state index in [2.05, 4.69) is 4.98 Å². The van der Waals surface area contributed by atoms with Crippen LogP contribution in [0.5, 0.6) is 0 Å². The Morgan fingerprint density at radius 2 is 2.30 bits per heavy atom. The number of rotatable bonds is 4. The number of nitrogens with zero attached hydrogens (tertiary/aromatic N) is 2. The minimum Gasteiger partial charge on any atom is -0.337 e. The molecule has 0 N–H and O–H groups in total. The summed E-state index contributed by atoms with van der Waals surface area (Å²) >= 11 is 13.6. The number of anilines is 1. The number of halogens is 2. The molecular formula is C12H16Cl2N2O2S2. The van der Waals surface area contributed by atoms with E-state index in [1.54, 1.807) is 35.8 Å². The highest BCUT2D eigenvalue weighted by molar-refractivity contribution is 8.01. The highest BCUT2D eigenvalue weighted by Crippen LogP contribution is 2.31. The molecule has 2 rings (SSSR count). The molecule has 1 unspecified atom stereocenters. The third-order valence-electron chi connectivity index (χ3n) is 3.21. The number of pyridine rings is 1. The molecule has 1 fully saturated rings. The third kappa shape index (κ3) is 3.35. The molecule has 0 bridgehead atoms. The normalized spacial score (nSPS) is 20.1. The van der Waals surface area contributed by atoms with Crippen molar-refractivity contribution in [1.82, 2.24) is 4.98 Å². The fraction of sp³-hybridized carbons (Fsp3) is 0.583. The number of thioether (sulfide) groups is 1. The third-order valence-corrected chi connectivity index (χ3v) is 7.08. The molecule has 20 heavy (non-hydrogen) atoms. The average Bonchev–Trinajstić information content (AvgIpc) is 2.47. The first kappa shape index (κ1) is 16.2. The summed E-state index contributed by atoms with van der Waals surface area (Å²) in [6.07, 6.45) is 1.64. The molecule has 0 spiro atoms. The van der Waals surface area contributed by atoms with Crippen LogP contribution in [-0.4, -0.2) is 42.6 Å². The Kier molecular flexibility index (Phi) is 5.45. The lowest BCUT2D eigenvalue weighted by atomic mass is 10.3. The van der Waals surface area contributed by atoms with Crippen molar-refractivity contribution >= 4 is 50.6 Å². The summed E-state index contributed by atoms with van der Waals surface area (Å²) in [5.74, 6) is 2.39. The van der Waals surface area contributed by atoms with Gasteiger partial charge in [0.25, 0.3) is 0 Å². The largest absolute Gasteiger partial charge is 0.337 e. The van der Waals surface area contributed by atoms with Gasteiger partial charge in [-0.2, -0.15) is 11.8 Å². The molecule has 8 heteroatoms. The highest BCUT2D eigenvalue weighted by atomic mass is 35.5. The second kappa shape index (κ2) is 6.73. The standard InChI is InChI=1S/C12H16Cl2N2O2S2/c1-2-20(17,18)11-8-19-4-3-16(11)12-10(14)5-9(6-13)7-15-12/h5,7,11H,2-4,6,8H2,1H3. The van der Waals surface area contributed by atoms with E-state index < -0.39 is 15.2 Å². The summed E-state index contributed by atoms with van der Waals surface area (Å²) in [6.45, 7) is 2.29. The summed E-state index contributed by atoms with van der Waals surface area (Å²) in [4.78, 5) is 6.11. The highest BCUT2D eigenvalue weighted by Gasteiger charge is 2.34. The second-order valence-corrected chi connectivity index (χ2v) is 8.73. The van der Waals surface area contributed by atoms with E-state index in [1.165, 1.54) is 0 Å². The smallest absolute Gasteiger partial charge is 0.171 e. The minimum absolute atomic E-state index is 0.117. The van der Waals surface area contributed by atoms with Crippen molar-refractivity contribution in [2.75, 3.05) is 28.7 Å². The lowest BCUT2D eigenvalue weighted by Gasteiger charge is -2.36. The van der Waals surface area contributed by atoms with Crippen molar-refractivity contribution < 1.29 is 8.42 Å². The summed E-state index contributed by atoms with van der Waals surface area (Å²) in [5.41, 5.74) is 0.821. The van der Waals surface area contributed by atoms with Crippen LogP contribution in [0.15, 0.2) is 12.3 Å². The Bertz CT molecular complexity index is 581. The van der Waals surface area contributed by atoms with Crippen molar-refractivity contribution in [2.24, 2.45) is 0 Å². The Labute approximate surface area is 133 Å². The van der Waals surface area contributed by atoms with Gasteiger partial charge in [0.15, 0.2) is 9.84 Å². The lowest BCUT2D eigenvalue weighted by molar-refractivity contribution is 0.579. The van der Waals surface area contributed by atoms with E-state index in [4.69, 9.17) is 23.2 Å². The zero-order valence-electron chi connectivity index (χ0n) is 11.1. The molecule has 1 aliphatic heterocycles. The fourth-order valence-corrected chi connectivity index (χ4v) is 5.48. The van der Waals surface area contributed by atoms with Crippen molar-refractivity contribution in [3.8, 4) is 0 Å². The molecule has 0 radical (unpaired) electrons. The molecule has 0 aromatic carbocycles. The molecule has 1 saturated heterocycles. The van der Waals surface area contributed by atoms with E-state index in [0.29, 0.717) is 29.0 Å². The maximum atomic E-state index is 12.2. The van der Waals surface area contributed by atoms with Crippen LogP contribution in [0.2, 0.25) is 5.02 Å². The molecule has 0 aliphatic carbocycles. The monoisotopic (exact) mass is 354 g/mol. The molecule has 1 atom stereocenters. The first-order valence-electron chi connectivity index (χ1n) is 6.26. The molecule has 0 amide bonds. The van der Waals surface area contributed by atoms with Gasteiger partial charge in [-0.15, -0.1) is 11.6 Å². The SMILES string of the molecule is CCS(=O)(=O)C1CSCCN1c1ncc(CCl)cc1Cl. The van der Waals surface area contributed by atoms with Crippen LogP contribution in [0.3, 0.4) is 0 Å². The van der Waals surface area contributed by atoms with Crippen molar-refractivity contribution in [1.29, 1.82) is 0 Å². The molecular weight excluding hydrogens is 339 g/mol. The summed E-state index contributed by atoms with van der Waals surface area (Å²) in [7, 11) is -3.17. The Hall–Kier alpha value is -0.170. The van der Waals surface area contributed by atoms with E-state index in [1.807, 2.05) is 0 Å². The predicted octanol–water partition coefficient (Wildman–Crippen LogP) is 2.79. The van der Waals surface area contributed by atoms with Gasteiger partial charge in [0, 0.05) is 35.9 Å². The molecule has 1 aliphatic rings. The van der Waals surface area contributed by atoms with Crippen LogP contribution in [0.1, 0.15) is 12.5 Å². The Morgan fingerprint density at radius 1 is 1.55 bits per heavy atom. The number of alkyl halides is 1. The van der Waals surface area contributed by atoms with Gasteiger partial charge >= 0.3 is 0 Å². The molecule has 1 aromatic heterocycles. The van der Waals surface area contributed by atoms with Gasteiger partial charge in [0.1, 0.15) is 11.2 Å². The van der Waals surface area contributed by atoms with Crippen LogP contribution < -0.4 is 4.90 Å². The maximum absolute atomic E-state index is 12.2. The van der Waals surface area contributed by atoms with Crippen LogP contribution in [0.25, 0.3) is 0 Å². The van der Waals surface area contributed by atoms with Gasteiger partial charge in [-0.3, -0.25) is 0 Å². The molecule has 2 heterocycles. The van der Waals surface area contributed by atoms with Gasteiger partial charge in [0.2, 0.25) is 0 Å². The first-order valence-corrected chi connectivity index (χ1v) is 10.0. The number of sulfone groups is 1. The van der Waals surface area contributed by atoms with Crippen molar-refractivity contribution in [3.05, 3.63) is 22.8 Å². The van der Waals surface area contributed by atoms with Crippen molar-refractivity contribution in [2.45, 2.75) is 18.2 Å². The lowest BCUT2D eigenvalue weighted by Crippen LogP contribution is -2.48. The van der Waals surface area contributed by atoms with Gasteiger partial charge in [0.05, 0.1) is 5.02 Å². The van der Waals surface area contributed by atoms with Crippen LogP contribution in [0.4, 0.5) is 5.82 Å². The topological polar surface area (TPSA) is 50.3 Å². The summed E-state index contributed by atoms with van der Waals surface area (Å²) in [6, 6.07) is 1.74. The van der Waals surface area contributed by atoms with Gasteiger partial charge in [-0.05, 0) is 11.6 Å². The second-order valence-electron chi connectivity index (χ2n) is 4.46. The Morgan fingerprint density at radius 3 is 2.90 bits per heavy atom. The minimum atomic E-state index is -3.17. The van der Waals surface area contributed by atoms with E-state index in [0.717, 1.165) is 11.3 Å². The van der Waals surface area contributed by atoms with Crippen molar-refractivity contribution in [3.63, 3.8) is 0 Å². The van der Waals surface area contributed by atoms with E-state index in [-0.39, 0.29) is 5.75 Å². The molecule has 1 aromatic rings. The summed E-state index contributed by atoms with van der Waals surface area (Å²) < 4.78 is 24.5. The van der Waals surface area contributed by atoms with Crippen LogP contribution in [0, 0.1) is 0 Å². The zero-order chi connectivity index (χ0) is 14.8. The number of hydrogen-bond acceptors (Lipinski definition) is 5. The van der Waals surface area contributed by atoms with Crippen LogP contribution in [-0.2, 0) is 15.7 Å². The van der Waals surface area contributed by atoms with Crippen LogP contribution >= 0.6 is 35.0 Å². The quantitative estimate of drug-likeness (QED) is 0.778.